The smallest absolute Gasteiger partial charge is 0.147 e. The van der Waals surface area contributed by atoms with Crippen LogP contribution in [-0.2, 0) is 18.2 Å². The van der Waals surface area contributed by atoms with Gasteiger partial charge in [-0.2, -0.15) is 5.10 Å². The fourth-order valence-corrected chi connectivity index (χ4v) is 3.38. The number of hydrogen-bond acceptors (Lipinski definition) is 6. The summed E-state index contributed by atoms with van der Waals surface area (Å²) in [6, 6.07) is 4.12. The van der Waals surface area contributed by atoms with Crippen LogP contribution in [0.4, 0.5) is 0 Å². The van der Waals surface area contributed by atoms with Crippen molar-refractivity contribution in [1.29, 1.82) is 0 Å². The number of unbranched alkanes of at least 4 members (excludes halogenated alkanes) is 1. The Morgan fingerprint density at radius 1 is 1.19 bits per heavy atom. The van der Waals surface area contributed by atoms with E-state index in [0.717, 1.165) is 41.3 Å². The molecule has 4 N–H and O–H groups in total. The van der Waals surface area contributed by atoms with E-state index in [1.165, 1.54) is 0 Å². The molecule has 27 heavy (non-hydrogen) atoms. The fourth-order valence-electron chi connectivity index (χ4n) is 3.38. The van der Waals surface area contributed by atoms with Gasteiger partial charge in [-0.1, -0.05) is 25.2 Å². The van der Waals surface area contributed by atoms with Gasteiger partial charge in [-0.15, -0.1) is 0 Å². The maximum Gasteiger partial charge on any atom is 0.147 e. The summed E-state index contributed by atoms with van der Waals surface area (Å²) in [6.45, 7) is 1.67. The Labute approximate surface area is 158 Å². The lowest BCUT2D eigenvalue weighted by Crippen LogP contribution is -2.58. The molecule has 1 aromatic heterocycles. The van der Waals surface area contributed by atoms with Gasteiger partial charge in [-0.25, -0.2) is 0 Å². The van der Waals surface area contributed by atoms with Gasteiger partial charge in [-0.05, 0) is 30.5 Å². The molecule has 2 aromatic rings. The summed E-state index contributed by atoms with van der Waals surface area (Å²) < 4.78 is 7.21. The fraction of sp³-hybridized carbons (Fsp3) is 0.550. The van der Waals surface area contributed by atoms with Crippen molar-refractivity contribution in [1.82, 2.24) is 9.78 Å². The molecule has 1 saturated heterocycles. The van der Waals surface area contributed by atoms with Crippen LogP contribution in [0.25, 0.3) is 10.9 Å². The zero-order valence-electron chi connectivity index (χ0n) is 15.5. The summed E-state index contributed by atoms with van der Waals surface area (Å²) in [5.41, 5.74) is 2.80. The lowest BCUT2D eigenvalue weighted by atomic mass is 9.95. The van der Waals surface area contributed by atoms with Crippen molar-refractivity contribution in [2.24, 2.45) is 7.05 Å². The third-order valence-corrected chi connectivity index (χ3v) is 4.95. The Balaban J connectivity index is 1.95. The monoisotopic (exact) mass is 374 g/mol. The van der Waals surface area contributed by atoms with E-state index in [4.69, 9.17) is 4.74 Å². The second kappa shape index (κ2) is 8.38. The van der Waals surface area contributed by atoms with E-state index in [0.29, 0.717) is 0 Å². The van der Waals surface area contributed by atoms with Crippen LogP contribution in [0.5, 0.6) is 0 Å². The third-order valence-electron chi connectivity index (χ3n) is 4.95. The minimum atomic E-state index is -1.43. The molecule has 0 radical (unpaired) electrons. The molecule has 7 nitrogen and oxygen atoms in total. The summed E-state index contributed by atoms with van der Waals surface area (Å²) in [7, 11) is 1.84. The van der Waals surface area contributed by atoms with Gasteiger partial charge in [0.15, 0.2) is 0 Å². The number of aliphatic hydroxyl groups is 4. The molecule has 4 unspecified atom stereocenters. The molecule has 0 bridgehead atoms. The molecule has 0 saturated carbocycles. The van der Waals surface area contributed by atoms with Gasteiger partial charge in [-0.3, -0.25) is 4.68 Å². The highest BCUT2D eigenvalue weighted by molar-refractivity contribution is 5.85. The molecule has 146 valence electrons. The van der Waals surface area contributed by atoms with E-state index < -0.39 is 37.1 Å². The summed E-state index contributed by atoms with van der Waals surface area (Å²) >= 11 is 0. The lowest BCUT2D eigenvalue weighted by Gasteiger charge is -2.37. The van der Waals surface area contributed by atoms with E-state index in [9.17, 15) is 20.4 Å². The van der Waals surface area contributed by atoms with Crippen LogP contribution in [-0.4, -0.2) is 67.3 Å². The van der Waals surface area contributed by atoms with Gasteiger partial charge >= 0.3 is 0 Å². The zero-order chi connectivity index (χ0) is 19.6. The number of hydrogen-bond donors (Lipinski definition) is 4. The van der Waals surface area contributed by atoms with Crippen molar-refractivity contribution in [3.63, 3.8) is 0 Å². The number of aryl methyl sites for hydroxylation is 2. The van der Waals surface area contributed by atoms with Crippen LogP contribution in [0.15, 0.2) is 18.3 Å². The zero-order valence-corrected chi connectivity index (χ0v) is 15.5. The Morgan fingerprint density at radius 3 is 2.67 bits per heavy atom. The summed E-state index contributed by atoms with van der Waals surface area (Å²) in [4.78, 5) is 0. The van der Waals surface area contributed by atoms with E-state index in [1.807, 2.05) is 13.1 Å². The number of rotatable bonds is 4. The number of ether oxygens (including phenoxy) is 1. The first-order valence-corrected chi connectivity index (χ1v) is 9.23. The van der Waals surface area contributed by atoms with Gasteiger partial charge < -0.3 is 25.2 Å². The molecule has 0 aliphatic carbocycles. The molecule has 1 aliphatic rings. The van der Waals surface area contributed by atoms with Crippen molar-refractivity contribution in [3.8, 4) is 11.8 Å². The molecule has 1 aromatic carbocycles. The summed E-state index contributed by atoms with van der Waals surface area (Å²) in [5.74, 6) is 5.89. The van der Waals surface area contributed by atoms with Crippen LogP contribution in [0.3, 0.4) is 0 Å². The predicted molar refractivity (Wildman–Crippen MR) is 100.0 cm³/mol. The summed E-state index contributed by atoms with van der Waals surface area (Å²) in [6.07, 6.45) is -1.24. The van der Waals surface area contributed by atoms with Crippen molar-refractivity contribution in [3.05, 3.63) is 29.5 Å². The molecule has 1 fully saturated rings. The van der Waals surface area contributed by atoms with Gasteiger partial charge in [0.25, 0.3) is 0 Å². The number of nitrogens with zero attached hydrogens (tertiary/aromatic N) is 2. The second-order valence-electron chi connectivity index (χ2n) is 6.97. The topological polar surface area (TPSA) is 108 Å². The van der Waals surface area contributed by atoms with Crippen LogP contribution in [0, 0.1) is 11.8 Å². The average molecular weight is 374 g/mol. The Hall–Kier alpha value is -1.95. The first-order valence-electron chi connectivity index (χ1n) is 9.23. The third kappa shape index (κ3) is 4.00. The molecule has 5 atom stereocenters. The average Bonchev–Trinajstić information content (AvgIpc) is 3.05. The molecule has 7 heteroatoms. The molecule has 0 spiro atoms. The largest absolute Gasteiger partial charge is 0.394 e. The first-order chi connectivity index (χ1) is 13.0. The number of fused-ring (bicyclic) bond motifs is 1. The highest BCUT2D eigenvalue weighted by Gasteiger charge is 2.42. The van der Waals surface area contributed by atoms with Crippen molar-refractivity contribution in [2.45, 2.75) is 56.7 Å². The van der Waals surface area contributed by atoms with E-state index in [-0.39, 0.29) is 0 Å². The van der Waals surface area contributed by atoms with Gasteiger partial charge in [0.05, 0.1) is 23.9 Å². The molecule has 1 aliphatic heterocycles. The van der Waals surface area contributed by atoms with Gasteiger partial charge in [0.2, 0.25) is 0 Å². The normalized spacial score (nSPS) is 28.1. The van der Waals surface area contributed by atoms with Gasteiger partial charge in [0, 0.05) is 12.4 Å². The molecular formula is C20H26N2O5. The van der Waals surface area contributed by atoms with Crippen LogP contribution in [0.1, 0.15) is 30.9 Å². The second-order valence-corrected chi connectivity index (χ2v) is 6.97. The number of benzene rings is 1. The van der Waals surface area contributed by atoms with E-state index >= 15 is 0 Å². The quantitative estimate of drug-likeness (QED) is 0.566. The van der Waals surface area contributed by atoms with Crippen molar-refractivity contribution < 1.29 is 25.2 Å². The Morgan fingerprint density at radius 2 is 1.96 bits per heavy atom. The first kappa shape index (κ1) is 19.8. The SMILES string of the molecule is CCCCc1cc(C#CC2OC(CO)[C@@H](O)C(O)C2O)c2c(cnn2C)c1. The van der Waals surface area contributed by atoms with Crippen molar-refractivity contribution in [2.75, 3.05) is 6.61 Å². The highest BCUT2D eigenvalue weighted by atomic mass is 16.5. The van der Waals surface area contributed by atoms with Crippen LogP contribution >= 0.6 is 0 Å². The van der Waals surface area contributed by atoms with Crippen molar-refractivity contribution >= 4 is 10.9 Å². The van der Waals surface area contributed by atoms with E-state index in [1.54, 1.807) is 10.9 Å². The molecular weight excluding hydrogens is 348 g/mol. The highest BCUT2D eigenvalue weighted by Crippen LogP contribution is 2.23. The number of aliphatic hydroxyl groups excluding tert-OH is 4. The van der Waals surface area contributed by atoms with Gasteiger partial charge in [0.1, 0.15) is 30.5 Å². The van der Waals surface area contributed by atoms with Crippen LogP contribution < -0.4 is 0 Å². The predicted octanol–water partition coefficient (Wildman–Crippen LogP) is 0.110. The standard InChI is InChI=1S/C20H26N2O5/c1-3-4-5-12-8-13(17-14(9-12)10-21-22(17)2)6-7-15-18(24)20(26)19(25)16(11-23)27-15/h8-10,15-16,18-20,23-26H,3-5,11H2,1-2H3/t15?,16?,18?,19-,20?/m1/s1. The minimum absolute atomic E-state index is 0.471. The minimum Gasteiger partial charge on any atom is -0.394 e. The number of aromatic nitrogens is 2. The van der Waals surface area contributed by atoms with E-state index in [2.05, 4.69) is 29.9 Å². The maximum atomic E-state index is 10.2. The maximum absolute atomic E-state index is 10.2. The summed E-state index contributed by atoms with van der Waals surface area (Å²) in [5, 5.41) is 44.5. The van der Waals surface area contributed by atoms with Crippen LogP contribution in [0.2, 0.25) is 0 Å². The Bertz CT molecular complexity index is 851. The molecule has 3 rings (SSSR count). The molecule has 2 heterocycles. The molecule has 0 amide bonds. The lowest BCUT2D eigenvalue weighted by molar-refractivity contribution is -0.214. The Kier molecular flexibility index (Phi) is 6.15.